The molecule has 1 aliphatic heterocycles. The summed E-state index contributed by atoms with van der Waals surface area (Å²) >= 11 is 0. The zero-order valence-corrected chi connectivity index (χ0v) is 18.6. The number of aromatic amines is 1. The lowest BCUT2D eigenvalue weighted by atomic mass is 10.1. The van der Waals surface area contributed by atoms with Gasteiger partial charge in [0.05, 0.1) is 26.1 Å². The molecule has 2 aromatic carbocycles. The van der Waals surface area contributed by atoms with Gasteiger partial charge in [-0.05, 0) is 35.9 Å². The quantitative estimate of drug-likeness (QED) is 0.452. The normalized spacial score (nSPS) is 12.4. The van der Waals surface area contributed by atoms with Gasteiger partial charge in [-0.25, -0.2) is 4.52 Å². The van der Waals surface area contributed by atoms with E-state index in [0.29, 0.717) is 41.9 Å². The lowest BCUT2D eigenvalue weighted by Gasteiger charge is -2.18. The fourth-order valence-electron chi connectivity index (χ4n) is 3.74. The summed E-state index contributed by atoms with van der Waals surface area (Å²) in [6.45, 7) is 1.22. The van der Waals surface area contributed by atoms with Gasteiger partial charge < -0.3 is 29.2 Å². The molecule has 1 aliphatic rings. The molecule has 2 N–H and O–H groups in total. The molecule has 0 bridgehead atoms. The first-order valence-corrected chi connectivity index (χ1v) is 10.6. The summed E-state index contributed by atoms with van der Waals surface area (Å²) in [4.78, 5) is 28.2. The Balaban J connectivity index is 1.37. The van der Waals surface area contributed by atoms with E-state index in [4.69, 9.17) is 18.9 Å². The van der Waals surface area contributed by atoms with Crippen molar-refractivity contribution in [2.24, 2.45) is 0 Å². The Morgan fingerprint density at radius 3 is 2.65 bits per heavy atom. The van der Waals surface area contributed by atoms with E-state index in [2.05, 4.69) is 15.4 Å². The highest BCUT2D eigenvalue weighted by Crippen LogP contribution is 2.33. The van der Waals surface area contributed by atoms with Crippen molar-refractivity contribution < 1.29 is 23.7 Å². The number of carbonyl (C=O) groups is 1. The summed E-state index contributed by atoms with van der Waals surface area (Å²) in [6.07, 6.45) is 1.66. The van der Waals surface area contributed by atoms with Crippen LogP contribution in [0.3, 0.4) is 0 Å². The van der Waals surface area contributed by atoms with Crippen molar-refractivity contribution in [2.45, 2.75) is 6.54 Å². The average molecular weight is 462 g/mol. The van der Waals surface area contributed by atoms with Crippen molar-refractivity contribution in [3.63, 3.8) is 0 Å². The summed E-state index contributed by atoms with van der Waals surface area (Å²) in [5.41, 5.74) is 2.13. The van der Waals surface area contributed by atoms with Crippen LogP contribution in [0.1, 0.15) is 16.1 Å². The number of nitrogens with zero attached hydrogens (tertiary/aromatic N) is 2. The van der Waals surface area contributed by atoms with Crippen LogP contribution in [0.2, 0.25) is 0 Å². The summed E-state index contributed by atoms with van der Waals surface area (Å²) in [5.74, 6) is 2.04. The van der Waals surface area contributed by atoms with Crippen LogP contribution in [0.4, 0.5) is 0 Å². The summed E-state index contributed by atoms with van der Waals surface area (Å²) in [6, 6.07) is 12.3. The molecule has 5 rings (SSSR count). The lowest BCUT2D eigenvalue weighted by Crippen LogP contribution is -2.23. The molecule has 34 heavy (non-hydrogen) atoms. The molecule has 2 aromatic heterocycles. The highest BCUT2D eigenvalue weighted by molar-refractivity contribution is 5.93. The molecule has 0 saturated heterocycles. The first-order chi connectivity index (χ1) is 16.6. The predicted octanol–water partition coefficient (Wildman–Crippen LogP) is 2.41. The average Bonchev–Trinajstić information content (AvgIpc) is 3.32. The van der Waals surface area contributed by atoms with Crippen LogP contribution in [0.25, 0.3) is 16.8 Å². The number of amides is 1. The van der Waals surface area contributed by atoms with E-state index in [1.54, 1.807) is 44.7 Å². The molecule has 3 heterocycles. The number of aromatic nitrogens is 3. The highest BCUT2D eigenvalue weighted by atomic mass is 16.6. The molecule has 10 heteroatoms. The molecule has 0 spiro atoms. The van der Waals surface area contributed by atoms with Gasteiger partial charge in [0.25, 0.3) is 11.5 Å². The largest absolute Gasteiger partial charge is 0.493 e. The SMILES string of the molecule is COc1ccc(CNC(=O)c2cc3c(=O)[nH]c(-c4ccc5c(c4)OCCO5)cn3n2)cc1OC. The Morgan fingerprint density at radius 2 is 1.85 bits per heavy atom. The van der Waals surface area contributed by atoms with Crippen LogP contribution in [-0.4, -0.2) is 47.9 Å². The second kappa shape index (κ2) is 8.81. The van der Waals surface area contributed by atoms with Crippen molar-refractivity contribution in [3.8, 4) is 34.3 Å². The number of fused-ring (bicyclic) bond motifs is 2. The van der Waals surface area contributed by atoms with Gasteiger partial charge in [-0.15, -0.1) is 0 Å². The van der Waals surface area contributed by atoms with Crippen molar-refractivity contribution in [2.75, 3.05) is 27.4 Å². The second-order valence-electron chi connectivity index (χ2n) is 7.59. The Kier molecular flexibility index (Phi) is 5.54. The number of methoxy groups -OCH3 is 2. The molecular formula is C24H22N4O6. The third kappa shape index (κ3) is 4.01. The van der Waals surface area contributed by atoms with Crippen LogP contribution in [0.5, 0.6) is 23.0 Å². The van der Waals surface area contributed by atoms with Gasteiger partial charge in [0.2, 0.25) is 0 Å². The first-order valence-electron chi connectivity index (χ1n) is 10.6. The number of carbonyl (C=O) groups excluding carboxylic acids is 1. The van der Waals surface area contributed by atoms with E-state index in [1.807, 2.05) is 12.1 Å². The molecule has 0 unspecified atom stereocenters. The maximum absolute atomic E-state index is 12.7. The molecule has 0 fully saturated rings. The summed E-state index contributed by atoms with van der Waals surface area (Å²) in [5, 5.41) is 7.12. The summed E-state index contributed by atoms with van der Waals surface area (Å²) in [7, 11) is 3.11. The van der Waals surface area contributed by atoms with Gasteiger partial charge in [-0.3, -0.25) is 9.59 Å². The molecule has 0 atom stereocenters. The fourth-order valence-corrected chi connectivity index (χ4v) is 3.74. The zero-order valence-electron chi connectivity index (χ0n) is 18.6. The maximum atomic E-state index is 12.7. The van der Waals surface area contributed by atoms with Crippen molar-refractivity contribution in [1.82, 2.24) is 19.9 Å². The first kappa shape index (κ1) is 21.4. The molecule has 4 aromatic rings. The zero-order chi connectivity index (χ0) is 23.7. The number of ether oxygens (including phenoxy) is 4. The minimum atomic E-state index is -0.404. The van der Waals surface area contributed by atoms with Gasteiger partial charge in [0.1, 0.15) is 18.7 Å². The third-order valence-electron chi connectivity index (χ3n) is 5.45. The Labute approximate surface area is 194 Å². The standard InChI is InChI=1S/C24H22N4O6/c1-31-19-5-3-14(9-21(19)32-2)12-25-23(29)16-11-18-24(30)26-17(13-28(18)27-16)15-4-6-20-22(10-15)34-8-7-33-20/h3-6,9-11,13H,7-8,12H2,1-2H3,(H,25,29)(H,26,30). The van der Waals surface area contributed by atoms with Gasteiger partial charge in [0.15, 0.2) is 28.7 Å². The fraction of sp³-hybridized carbons (Fsp3) is 0.208. The van der Waals surface area contributed by atoms with Crippen molar-refractivity contribution >= 4 is 11.4 Å². The van der Waals surface area contributed by atoms with Crippen LogP contribution in [-0.2, 0) is 6.54 Å². The van der Waals surface area contributed by atoms with E-state index in [1.165, 1.54) is 10.6 Å². The number of hydrogen-bond acceptors (Lipinski definition) is 7. The van der Waals surface area contributed by atoms with Gasteiger partial charge in [-0.1, -0.05) is 6.07 Å². The van der Waals surface area contributed by atoms with Crippen LogP contribution >= 0.6 is 0 Å². The highest BCUT2D eigenvalue weighted by Gasteiger charge is 2.16. The van der Waals surface area contributed by atoms with Crippen LogP contribution < -0.4 is 29.8 Å². The number of H-pyrrole nitrogens is 1. The number of nitrogens with one attached hydrogen (secondary N) is 2. The molecule has 174 valence electrons. The minimum Gasteiger partial charge on any atom is -0.493 e. The van der Waals surface area contributed by atoms with E-state index in [0.717, 1.165) is 11.1 Å². The third-order valence-corrected chi connectivity index (χ3v) is 5.45. The summed E-state index contributed by atoms with van der Waals surface area (Å²) < 4.78 is 23.1. The molecule has 0 aliphatic carbocycles. The smallest absolute Gasteiger partial charge is 0.274 e. The van der Waals surface area contributed by atoms with Gasteiger partial charge in [0, 0.05) is 18.2 Å². The van der Waals surface area contributed by atoms with Crippen LogP contribution in [0.15, 0.2) is 53.5 Å². The predicted molar refractivity (Wildman–Crippen MR) is 123 cm³/mol. The molecular weight excluding hydrogens is 440 g/mol. The topological polar surface area (TPSA) is 116 Å². The van der Waals surface area contributed by atoms with E-state index >= 15 is 0 Å². The number of benzene rings is 2. The minimum absolute atomic E-state index is 0.130. The molecule has 1 amide bonds. The molecule has 0 saturated carbocycles. The van der Waals surface area contributed by atoms with Crippen molar-refractivity contribution in [1.29, 1.82) is 0 Å². The number of hydrogen-bond donors (Lipinski definition) is 2. The molecule has 0 radical (unpaired) electrons. The van der Waals surface area contributed by atoms with E-state index in [-0.39, 0.29) is 23.3 Å². The monoisotopic (exact) mass is 462 g/mol. The Morgan fingerprint density at radius 1 is 1.06 bits per heavy atom. The van der Waals surface area contributed by atoms with Gasteiger partial charge >= 0.3 is 0 Å². The maximum Gasteiger partial charge on any atom is 0.274 e. The second-order valence-corrected chi connectivity index (χ2v) is 7.59. The van der Waals surface area contributed by atoms with Crippen LogP contribution in [0, 0.1) is 0 Å². The Hall–Kier alpha value is -4.47. The van der Waals surface area contributed by atoms with E-state index < -0.39 is 5.91 Å². The molecule has 10 nitrogen and oxygen atoms in total. The van der Waals surface area contributed by atoms with Gasteiger partial charge in [-0.2, -0.15) is 5.10 Å². The Bertz CT molecular complexity index is 1440. The van der Waals surface area contributed by atoms with E-state index in [9.17, 15) is 9.59 Å². The van der Waals surface area contributed by atoms with Crippen molar-refractivity contribution in [3.05, 3.63) is 70.3 Å². The number of rotatable bonds is 6. The lowest BCUT2D eigenvalue weighted by molar-refractivity contribution is 0.0945.